The maximum absolute atomic E-state index is 10.5. The van der Waals surface area contributed by atoms with Gasteiger partial charge in [0.25, 0.3) is 0 Å². The standard InChI is InChI=1S/C16H18O/c1-10-7-8-12-5-3-4-6-13(12)15(10)16(17)14-9-11(14)2/h3-8,11,14,16-17H,9H2,1-2H3. The first kappa shape index (κ1) is 10.8. The predicted octanol–water partition coefficient (Wildman–Crippen LogP) is 3.84. The zero-order valence-corrected chi connectivity index (χ0v) is 10.4. The van der Waals surface area contributed by atoms with Crippen molar-refractivity contribution in [2.45, 2.75) is 26.4 Å². The van der Waals surface area contributed by atoms with E-state index in [2.05, 4.69) is 38.1 Å². The van der Waals surface area contributed by atoms with E-state index >= 15 is 0 Å². The molecule has 1 heteroatoms. The molecule has 3 rings (SSSR count). The maximum atomic E-state index is 10.5. The van der Waals surface area contributed by atoms with Gasteiger partial charge in [0.15, 0.2) is 0 Å². The second-order valence-corrected chi connectivity index (χ2v) is 5.34. The summed E-state index contributed by atoms with van der Waals surface area (Å²) in [5.74, 6) is 1.13. The molecule has 1 aliphatic carbocycles. The highest BCUT2D eigenvalue weighted by Crippen LogP contribution is 2.48. The molecule has 0 bridgehead atoms. The number of fused-ring (bicyclic) bond motifs is 1. The molecule has 0 aliphatic heterocycles. The smallest absolute Gasteiger partial charge is 0.0829 e. The third kappa shape index (κ3) is 1.75. The van der Waals surface area contributed by atoms with Crippen molar-refractivity contribution in [1.29, 1.82) is 0 Å². The van der Waals surface area contributed by atoms with Crippen molar-refractivity contribution < 1.29 is 5.11 Å². The summed E-state index contributed by atoms with van der Waals surface area (Å²) in [5, 5.41) is 12.9. The molecule has 2 aromatic rings. The molecule has 1 saturated carbocycles. The van der Waals surface area contributed by atoms with Crippen molar-refractivity contribution in [1.82, 2.24) is 0 Å². The van der Waals surface area contributed by atoms with Crippen LogP contribution in [0.3, 0.4) is 0 Å². The lowest BCUT2D eigenvalue weighted by molar-refractivity contribution is 0.149. The predicted molar refractivity (Wildman–Crippen MR) is 70.9 cm³/mol. The van der Waals surface area contributed by atoms with Crippen molar-refractivity contribution in [3.05, 3.63) is 47.5 Å². The lowest BCUT2D eigenvalue weighted by atomic mass is 9.93. The second kappa shape index (κ2) is 3.85. The fraction of sp³-hybridized carbons (Fsp3) is 0.375. The normalized spacial score (nSPS) is 24.9. The van der Waals surface area contributed by atoms with E-state index < -0.39 is 0 Å². The zero-order valence-electron chi connectivity index (χ0n) is 10.4. The van der Waals surface area contributed by atoms with E-state index in [-0.39, 0.29) is 6.10 Å². The van der Waals surface area contributed by atoms with Crippen LogP contribution < -0.4 is 0 Å². The summed E-state index contributed by atoms with van der Waals surface area (Å²) in [4.78, 5) is 0. The number of aliphatic hydroxyl groups is 1. The molecule has 1 aliphatic rings. The summed E-state index contributed by atoms with van der Waals surface area (Å²) >= 11 is 0. The molecule has 1 nitrogen and oxygen atoms in total. The van der Waals surface area contributed by atoms with Gasteiger partial charge in [-0.15, -0.1) is 0 Å². The SMILES string of the molecule is Cc1ccc2ccccc2c1C(O)C1CC1C. The number of hydrogen-bond acceptors (Lipinski definition) is 1. The average molecular weight is 226 g/mol. The molecular weight excluding hydrogens is 208 g/mol. The van der Waals surface area contributed by atoms with Gasteiger partial charge in [-0.1, -0.05) is 43.3 Å². The lowest BCUT2D eigenvalue weighted by Gasteiger charge is -2.16. The summed E-state index contributed by atoms with van der Waals surface area (Å²) < 4.78 is 0. The number of rotatable bonds is 2. The molecule has 3 unspecified atom stereocenters. The molecule has 2 aromatic carbocycles. The van der Waals surface area contributed by atoms with Gasteiger partial charge in [-0.25, -0.2) is 0 Å². The Morgan fingerprint density at radius 3 is 2.59 bits per heavy atom. The Bertz CT molecular complexity index is 558. The van der Waals surface area contributed by atoms with E-state index in [0.717, 1.165) is 12.0 Å². The van der Waals surface area contributed by atoms with E-state index in [1.54, 1.807) is 0 Å². The van der Waals surface area contributed by atoms with Crippen LogP contribution in [0, 0.1) is 18.8 Å². The minimum absolute atomic E-state index is 0.295. The van der Waals surface area contributed by atoms with E-state index in [0.29, 0.717) is 11.8 Å². The van der Waals surface area contributed by atoms with E-state index in [1.807, 2.05) is 12.1 Å². The van der Waals surface area contributed by atoms with Crippen LogP contribution in [-0.2, 0) is 0 Å². The Labute approximate surface area is 102 Å². The minimum atomic E-state index is -0.295. The van der Waals surface area contributed by atoms with Crippen LogP contribution in [0.2, 0.25) is 0 Å². The zero-order chi connectivity index (χ0) is 12.0. The van der Waals surface area contributed by atoms with Gasteiger partial charge in [0.05, 0.1) is 6.10 Å². The van der Waals surface area contributed by atoms with Gasteiger partial charge in [-0.2, -0.15) is 0 Å². The third-order valence-corrected chi connectivity index (χ3v) is 4.06. The monoisotopic (exact) mass is 226 g/mol. The van der Waals surface area contributed by atoms with Crippen LogP contribution in [0.4, 0.5) is 0 Å². The van der Waals surface area contributed by atoms with Crippen LogP contribution in [-0.4, -0.2) is 5.11 Å². The quantitative estimate of drug-likeness (QED) is 0.825. The highest BCUT2D eigenvalue weighted by Gasteiger charge is 2.40. The summed E-state index contributed by atoms with van der Waals surface area (Å²) in [5.41, 5.74) is 2.34. The first-order valence-electron chi connectivity index (χ1n) is 6.35. The first-order chi connectivity index (χ1) is 8.18. The van der Waals surface area contributed by atoms with Gasteiger partial charge >= 0.3 is 0 Å². The highest BCUT2D eigenvalue weighted by atomic mass is 16.3. The fourth-order valence-corrected chi connectivity index (χ4v) is 2.80. The van der Waals surface area contributed by atoms with Crippen LogP contribution in [0.15, 0.2) is 36.4 Å². The number of aryl methyl sites for hydroxylation is 1. The third-order valence-electron chi connectivity index (χ3n) is 4.06. The molecule has 0 saturated heterocycles. The van der Waals surface area contributed by atoms with Crippen molar-refractivity contribution >= 4 is 10.8 Å². The topological polar surface area (TPSA) is 20.2 Å². The molecule has 0 spiro atoms. The Kier molecular flexibility index (Phi) is 2.44. The Morgan fingerprint density at radius 2 is 1.88 bits per heavy atom. The van der Waals surface area contributed by atoms with E-state index in [9.17, 15) is 5.11 Å². The second-order valence-electron chi connectivity index (χ2n) is 5.34. The van der Waals surface area contributed by atoms with Crippen LogP contribution >= 0.6 is 0 Å². The maximum Gasteiger partial charge on any atom is 0.0829 e. The summed E-state index contributed by atoms with van der Waals surface area (Å²) in [6.07, 6.45) is 0.861. The molecule has 17 heavy (non-hydrogen) atoms. The van der Waals surface area contributed by atoms with Crippen LogP contribution in [0.5, 0.6) is 0 Å². The highest BCUT2D eigenvalue weighted by molar-refractivity contribution is 5.87. The van der Waals surface area contributed by atoms with Crippen molar-refractivity contribution in [2.24, 2.45) is 11.8 Å². The molecule has 0 aromatic heterocycles. The van der Waals surface area contributed by atoms with Gasteiger partial charge in [-0.05, 0) is 47.1 Å². The van der Waals surface area contributed by atoms with Crippen LogP contribution in [0.25, 0.3) is 10.8 Å². The van der Waals surface area contributed by atoms with Crippen molar-refractivity contribution in [3.63, 3.8) is 0 Å². The molecule has 0 radical (unpaired) electrons. The van der Waals surface area contributed by atoms with E-state index in [1.165, 1.54) is 16.3 Å². The number of aliphatic hydroxyl groups excluding tert-OH is 1. The molecule has 88 valence electrons. The van der Waals surface area contributed by atoms with Gasteiger partial charge < -0.3 is 5.11 Å². The fourth-order valence-electron chi connectivity index (χ4n) is 2.80. The molecule has 3 atom stereocenters. The average Bonchev–Trinajstić information content (AvgIpc) is 3.06. The first-order valence-corrected chi connectivity index (χ1v) is 6.35. The Hall–Kier alpha value is -1.34. The van der Waals surface area contributed by atoms with Gasteiger partial charge in [0.1, 0.15) is 0 Å². The van der Waals surface area contributed by atoms with Gasteiger partial charge in [0, 0.05) is 0 Å². The largest absolute Gasteiger partial charge is 0.388 e. The van der Waals surface area contributed by atoms with Crippen LogP contribution in [0.1, 0.15) is 30.6 Å². The summed E-state index contributed by atoms with van der Waals surface area (Å²) in [7, 11) is 0. The Morgan fingerprint density at radius 1 is 1.18 bits per heavy atom. The van der Waals surface area contributed by atoms with Gasteiger partial charge in [0.2, 0.25) is 0 Å². The lowest BCUT2D eigenvalue weighted by Crippen LogP contribution is -2.04. The summed E-state index contributed by atoms with van der Waals surface area (Å²) in [6.45, 7) is 4.31. The van der Waals surface area contributed by atoms with Gasteiger partial charge in [-0.3, -0.25) is 0 Å². The summed E-state index contributed by atoms with van der Waals surface area (Å²) in [6, 6.07) is 12.6. The molecule has 1 N–H and O–H groups in total. The van der Waals surface area contributed by atoms with Crippen molar-refractivity contribution in [2.75, 3.05) is 0 Å². The van der Waals surface area contributed by atoms with E-state index in [4.69, 9.17) is 0 Å². The number of hydrogen-bond donors (Lipinski definition) is 1. The molecule has 0 amide bonds. The molecule has 1 fully saturated rings. The van der Waals surface area contributed by atoms with Crippen molar-refractivity contribution in [3.8, 4) is 0 Å². The number of benzene rings is 2. The molecule has 0 heterocycles. The molecular formula is C16H18O. The Balaban J connectivity index is 2.16. The minimum Gasteiger partial charge on any atom is -0.388 e.